The number of likely N-dealkylation sites (tertiary alicyclic amines) is 1. The van der Waals surface area contributed by atoms with Gasteiger partial charge in [-0.05, 0) is 33.4 Å². The molecular formula is C16H29N5. The molecule has 0 bridgehead atoms. The standard InChI is InChI=1S/C16H29N5/c1-5-17-15-10-13(4)18-16(19-15)12-20-9-8-14(11-20)21(6-2)7-3/h10,14H,5-9,11-12H2,1-4H3,(H,17,18,19). The van der Waals surface area contributed by atoms with E-state index in [1.807, 2.05) is 13.0 Å². The van der Waals surface area contributed by atoms with Crippen molar-refractivity contribution in [3.8, 4) is 0 Å². The van der Waals surface area contributed by atoms with E-state index in [2.05, 4.69) is 45.9 Å². The summed E-state index contributed by atoms with van der Waals surface area (Å²) in [4.78, 5) is 14.2. The summed E-state index contributed by atoms with van der Waals surface area (Å²) in [7, 11) is 0. The van der Waals surface area contributed by atoms with Gasteiger partial charge in [0.15, 0.2) is 0 Å². The van der Waals surface area contributed by atoms with Crippen molar-refractivity contribution in [3.05, 3.63) is 17.6 Å². The van der Waals surface area contributed by atoms with Gasteiger partial charge >= 0.3 is 0 Å². The first-order chi connectivity index (χ1) is 10.2. The highest BCUT2D eigenvalue weighted by molar-refractivity contribution is 5.35. The lowest BCUT2D eigenvalue weighted by Crippen LogP contribution is -2.37. The molecule has 5 heteroatoms. The first-order valence-corrected chi connectivity index (χ1v) is 8.21. The van der Waals surface area contributed by atoms with Gasteiger partial charge in [0.2, 0.25) is 0 Å². The molecule has 1 aromatic rings. The van der Waals surface area contributed by atoms with Crippen molar-refractivity contribution in [1.29, 1.82) is 0 Å². The monoisotopic (exact) mass is 291 g/mol. The normalized spacial score (nSPS) is 19.4. The molecule has 21 heavy (non-hydrogen) atoms. The second kappa shape index (κ2) is 7.71. The van der Waals surface area contributed by atoms with Gasteiger partial charge in [-0.2, -0.15) is 0 Å². The lowest BCUT2D eigenvalue weighted by atomic mass is 10.2. The van der Waals surface area contributed by atoms with Crippen LogP contribution in [0.2, 0.25) is 0 Å². The Morgan fingerprint density at radius 2 is 2.05 bits per heavy atom. The zero-order valence-electron chi connectivity index (χ0n) is 13.9. The molecule has 1 aliphatic heterocycles. The van der Waals surface area contributed by atoms with Crippen LogP contribution in [0.25, 0.3) is 0 Å². The summed E-state index contributed by atoms with van der Waals surface area (Å²) in [5.41, 5.74) is 1.04. The molecule has 118 valence electrons. The number of likely N-dealkylation sites (N-methyl/N-ethyl adjacent to an activating group) is 1. The van der Waals surface area contributed by atoms with E-state index in [1.54, 1.807) is 0 Å². The van der Waals surface area contributed by atoms with E-state index in [-0.39, 0.29) is 0 Å². The second-order valence-corrected chi connectivity index (χ2v) is 5.74. The first-order valence-electron chi connectivity index (χ1n) is 8.21. The van der Waals surface area contributed by atoms with Crippen LogP contribution in [0, 0.1) is 6.92 Å². The lowest BCUT2D eigenvalue weighted by molar-refractivity contribution is 0.208. The minimum Gasteiger partial charge on any atom is -0.370 e. The van der Waals surface area contributed by atoms with E-state index in [0.29, 0.717) is 6.04 Å². The third-order valence-corrected chi connectivity index (χ3v) is 4.20. The molecule has 1 fully saturated rings. The number of anilines is 1. The van der Waals surface area contributed by atoms with Crippen LogP contribution in [0.15, 0.2) is 6.07 Å². The molecule has 1 unspecified atom stereocenters. The predicted octanol–water partition coefficient (Wildman–Crippen LogP) is 2.13. The minimum absolute atomic E-state index is 0.693. The van der Waals surface area contributed by atoms with Crippen molar-refractivity contribution in [2.24, 2.45) is 0 Å². The molecule has 2 rings (SSSR count). The summed E-state index contributed by atoms with van der Waals surface area (Å²) in [6, 6.07) is 2.70. The predicted molar refractivity (Wildman–Crippen MR) is 87.5 cm³/mol. The molecule has 0 spiro atoms. The fourth-order valence-electron chi connectivity index (χ4n) is 3.17. The second-order valence-electron chi connectivity index (χ2n) is 5.74. The molecule has 1 saturated heterocycles. The highest BCUT2D eigenvalue weighted by Gasteiger charge is 2.26. The Balaban J connectivity index is 1.96. The van der Waals surface area contributed by atoms with E-state index in [1.165, 1.54) is 6.42 Å². The van der Waals surface area contributed by atoms with Crippen LogP contribution >= 0.6 is 0 Å². The number of hydrogen-bond acceptors (Lipinski definition) is 5. The number of rotatable bonds is 7. The fourth-order valence-corrected chi connectivity index (χ4v) is 3.17. The number of aromatic nitrogens is 2. The Kier molecular flexibility index (Phi) is 5.94. The van der Waals surface area contributed by atoms with E-state index < -0.39 is 0 Å². The van der Waals surface area contributed by atoms with Gasteiger partial charge in [0.25, 0.3) is 0 Å². The van der Waals surface area contributed by atoms with Crippen LogP contribution in [-0.2, 0) is 6.54 Å². The molecule has 0 radical (unpaired) electrons. The summed E-state index contributed by atoms with van der Waals surface area (Å²) in [6.45, 7) is 14.9. The van der Waals surface area contributed by atoms with Crippen molar-refractivity contribution in [2.75, 3.05) is 38.0 Å². The number of hydrogen-bond donors (Lipinski definition) is 1. The van der Waals surface area contributed by atoms with E-state index in [0.717, 1.165) is 56.6 Å². The maximum absolute atomic E-state index is 4.62. The average molecular weight is 291 g/mol. The van der Waals surface area contributed by atoms with Gasteiger partial charge in [0.05, 0.1) is 6.54 Å². The Bertz CT molecular complexity index is 444. The molecule has 0 aromatic carbocycles. The highest BCUT2D eigenvalue weighted by Crippen LogP contribution is 2.17. The highest BCUT2D eigenvalue weighted by atomic mass is 15.3. The summed E-state index contributed by atoms with van der Waals surface area (Å²) in [5, 5.41) is 3.28. The lowest BCUT2D eigenvalue weighted by Gasteiger charge is -2.26. The zero-order valence-corrected chi connectivity index (χ0v) is 13.9. The summed E-state index contributed by atoms with van der Waals surface area (Å²) in [5.74, 6) is 1.88. The van der Waals surface area contributed by atoms with Crippen molar-refractivity contribution in [3.63, 3.8) is 0 Å². The molecule has 1 aliphatic rings. The van der Waals surface area contributed by atoms with Crippen LogP contribution in [0.5, 0.6) is 0 Å². The molecule has 0 saturated carbocycles. The van der Waals surface area contributed by atoms with Gasteiger partial charge in [0.1, 0.15) is 11.6 Å². The molecule has 5 nitrogen and oxygen atoms in total. The third kappa shape index (κ3) is 4.38. The van der Waals surface area contributed by atoms with Crippen molar-refractivity contribution < 1.29 is 0 Å². The Labute approximate surface area is 128 Å². The number of nitrogens with zero attached hydrogens (tertiary/aromatic N) is 4. The molecule has 1 atom stereocenters. The minimum atomic E-state index is 0.693. The summed E-state index contributed by atoms with van der Waals surface area (Å²) in [6.07, 6.45) is 1.26. The van der Waals surface area contributed by atoms with Gasteiger partial charge in [-0.25, -0.2) is 9.97 Å². The molecule has 1 N–H and O–H groups in total. The molecule has 0 amide bonds. The molecular weight excluding hydrogens is 262 g/mol. The molecule has 1 aromatic heterocycles. The maximum Gasteiger partial charge on any atom is 0.144 e. The molecule has 0 aliphatic carbocycles. The van der Waals surface area contributed by atoms with Gasteiger partial charge in [-0.3, -0.25) is 9.80 Å². The van der Waals surface area contributed by atoms with E-state index in [9.17, 15) is 0 Å². The summed E-state index contributed by atoms with van der Waals surface area (Å²) >= 11 is 0. The number of aryl methyl sites for hydroxylation is 1. The molecule has 2 heterocycles. The van der Waals surface area contributed by atoms with E-state index >= 15 is 0 Å². The van der Waals surface area contributed by atoms with E-state index in [4.69, 9.17) is 0 Å². The van der Waals surface area contributed by atoms with Gasteiger partial charge in [-0.15, -0.1) is 0 Å². The third-order valence-electron chi connectivity index (χ3n) is 4.20. The quantitative estimate of drug-likeness (QED) is 0.834. The van der Waals surface area contributed by atoms with Gasteiger partial charge < -0.3 is 5.32 Å². The first kappa shape index (κ1) is 16.2. The van der Waals surface area contributed by atoms with Crippen molar-refractivity contribution >= 4 is 5.82 Å². The fraction of sp³-hybridized carbons (Fsp3) is 0.750. The number of nitrogens with one attached hydrogen (secondary N) is 1. The Morgan fingerprint density at radius 1 is 1.29 bits per heavy atom. The Hall–Kier alpha value is -1.20. The van der Waals surface area contributed by atoms with Crippen molar-refractivity contribution in [2.45, 2.75) is 46.7 Å². The SMILES string of the molecule is CCNc1cc(C)nc(CN2CCC(N(CC)CC)C2)n1. The van der Waals surface area contributed by atoms with Crippen LogP contribution in [0.1, 0.15) is 38.7 Å². The summed E-state index contributed by atoms with van der Waals surface area (Å²) < 4.78 is 0. The maximum atomic E-state index is 4.62. The topological polar surface area (TPSA) is 44.3 Å². The van der Waals surface area contributed by atoms with Crippen LogP contribution < -0.4 is 5.32 Å². The van der Waals surface area contributed by atoms with Crippen molar-refractivity contribution in [1.82, 2.24) is 19.8 Å². The van der Waals surface area contributed by atoms with Crippen LogP contribution in [0.3, 0.4) is 0 Å². The smallest absolute Gasteiger partial charge is 0.144 e. The van der Waals surface area contributed by atoms with Crippen LogP contribution in [0.4, 0.5) is 5.82 Å². The Morgan fingerprint density at radius 3 is 2.71 bits per heavy atom. The van der Waals surface area contributed by atoms with Gasteiger partial charge in [0, 0.05) is 37.4 Å². The van der Waals surface area contributed by atoms with Crippen LogP contribution in [-0.4, -0.2) is 58.5 Å². The largest absolute Gasteiger partial charge is 0.370 e. The average Bonchev–Trinajstić information content (AvgIpc) is 2.88. The van der Waals surface area contributed by atoms with Gasteiger partial charge in [-0.1, -0.05) is 13.8 Å². The zero-order chi connectivity index (χ0) is 15.2.